The van der Waals surface area contributed by atoms with Gasteiger partial charge in [-0.25, -0.2) is 0 Å². The van der Waals surface area contributed by atoms with Gasteiger partial charge in [0.25, 0.3) is 0 Å². The van der Waals surface area contributed by atoms with Crippen LogP contribution in [-0.2, 0) is 0 Å². The molecule has 0 atom stereocenters. The maximum absolute atomic E-state index is 2.20. The highest BCUT2D eigenvalue weighted by Crippen LogP contribution is 2.09. The predicted molar refractivity (Wildman–Crippen MR) is 43.4 cm³/mol. The van der Waals surface area contributed by atoms with Gasteiger partial charge in [-0.3, -0.25) is 0 Å². The molecule has 0 N–H and O–H groups in total. The maximum atomic E-state index is 2.20. The van der Waals surface area contributed by atoms with Gasteiger partial charge in [-0.05, 0) is 19.8 Å². The van der Waals surface area contributed by atoms with Crippen molar-refractivity contribution in [2.75, 3.05) is 0 Å². The Bertz CT molecular complexity index is 116. The second-order valence-corrected chi connectivity index (χ2v) is 2.44. The average Bonchev–Trinajstić information content (AvgIpc) is 1.82. The largest absolute Gasteiger partial charge is 0.0874 e. The summed E-state index contributed by atoms with van der Waals surface area (Å²) in [6, 6.07) is 0. The summed E-state index contributed by atoms with van der Waals surface area (Å²) in [5.74, 6) is 0.659. The third-order valence-electron chi connectivity index (χ3n) is 1.36. The van der Waals surface area contributed by atoms with Crippen molar-refractivity contribution < 1.29 is 0 Å². The van der Waals surface area contributed by atoms with Crippen molar-refractivity contribution >= 4 is 0 Å². The zero-order valence-electron chi connectivity index (χ0n) is 6.81. The second kappa shape index (κ2) is 4.37. The number of hydrogen-bond donors (Lipinski definition) is 0. The quantitative estimate of drug-likeness (QED) is 0.496. The SMILES string of the molecule is C/C=C(\C=C\C)C(C)C. The van der Waals surface area contributed by atoms with Gasteiger partial charge in [0, 0.05) is 0 Å². The summed E-state index contributed by atoms with van der Waals surface area (Å²) < 4.78 is 0. The van der Waals surface area contributed by atoms with E-state index >= 15 is 0 Å². The highest BCUT2D eigenvalue weighted by atomic mass is 14.0. The fourth-order valence-electron chi connectivity index (χ4n) is 0.814. The van der Waals surface area contributed by atoms with Gasteiger partial charge in [-0.2, -0.15) is 0 Å². The Balaban J connectivity index is 4.01. The maximum Gasteiger partial charge on any atom is -0.0222 e. The van der Waals surface area contributed by atoms with Gasteiger partial charge in [0.2, 0.25) is 0 Å². The molecule has 9 heavy (non-hydrogen) atoms. The summed E-state index contributed by atoms with van der Waals surface area (Å²) >= 11 is 0. The van der Waals surface area contributed by atoms with Gasteiger partial charge in [-0.1, -0.05) is 37.6 Å². The molecular weight excluding hydrogens is 108 g/mol. The highest BCUT2D eigenvalue weighted by Gasteiger charge is 1.94. The molecule has 0 nitrogen and oxygen atoms in total. The molecule has 0 amide bonds. The molecule has 0 spiro atoms. The molecule has 0 saturated heterocycles. The molecule has 0 saturated carbocycles. The van der Waals surface area contributed by atoms with Crippen LogP contribution in [0.4, 0.5) is 0 Å². The zero-order valence-corrected chi connectivity index (χ0v) is 6.81. The third-order valence-corrected chi connectivity index (χ3v) is 1.36. The van der Waals surface area contributed by atoms with Crippen molar-refractivity contribution in [1.29, 1.82) is 0 Å². The lowest BCUT2D eigenvalue weighted by atomic mass is 10.0. The molecule has 0 aliphatic heterocycles. The molecule has 0 aromatic rings. The molecule has 0 fully saturated rings. The molecule has 0 radical (unpaired) electrons. The summed E-state index contributed by atoms with van der Waals surface area (Å²) in [5.41, 5.74) is 1.41. The summed E-state index contributed by atoms with van der Waals surface area (Å²) in [4.78, 5) is 0. The summed E-state index contributed by atoms with van der Waals surface area (Å²) in [6.45, 7) is 8.53. The van der Waals surface area contributed by atoms with Crippen LogP contribution < -0.4 is 0 Å². The Morgan fingerprint density at radius 2 is 1.78 bits per heavy atom. The van der Waals surface area contributed by atoms with E-state index < -0.39 is 0 Å². The van der Waals surface area contributed by atoms with Crippen LogP contribution in [0, 0.1) is 5.92 Å². The zero-order chi connectivity index (χ0) is 7.28. The molecule has 0 aromatic carbocycles. The molecule has 0 rings (SSSR count). The van der Waals surface area contributed by atoms with Gasteiger partial charge in [-0.15, -0.1) is 0 Å². The summed E-state index contributed by atoms with van der Waals surface area (Å²) in [6.07, 6.45) is 6.39. The smallest absolute Gasteiger partial charge is 0.0222 e. The predicted octanol–water partition coefficient (Wildman–Crippen LogP) is 3.16. The van der Waals surface area contributed by atoms with Crippen molar-refractivity contribution in [3.8, 4) is 0 Å². The first-order chi connectivity index (χ1) is 4.22. The van der Waals surface area contributed by atoms with E-state index in [4.69, 9.17) is 0 Å². The van der Waals surface area contributed by atoms with Crippen LogP contribution in [0.2, 0.25) is 0 Å². The average molecular weight is 124 g/mol. The first kappa shape index (κ1) is 8.48. The molecule has 0 aromatic heterocycles. The molecule has 52 valence electrons. The number of hydrogen-bond acceptors (Lipinski definition) is 0. The number of allylic oxidation sites excluding steroid dienone is 4. The molecular formula is C9H16. The van der Waals surface area contributed by atoms with E-state index in [0.29, 0.717) is 5.92 Å². The summed E-state index contributed by atoms with van der Waals surface area (Å²) in [7, 11) is 0. The molecule has 0 heterocycles. The van der Waals surface area contributed by atoms with Crippen LogP contribution in [0.3, 0.4) is 0 Å². The molecule has 0 aliphatic carbocycles. The summed E-state index contributed by atoms with van der Waals surface area (Å²) in [5, 5.41) is 0. The topological polar surface area (TPSA) is 0 Å². The first-order valence-corrected chi connectivity index (χ1v) is 3.51. The fourth-order valence-corrected chi connectivity index (χ4v) is 0.814. The Morgan fingerprint density at radius 1 is 1.22 bits per heavy atom. The van der Waals surface area contributed by atoms with Gasteiger partial charge >= 0.3 is 0 Å². The Labute approximate surface area is 58.3 Å². The Morgan fingerprint density at radius 3 is 1.89 bits per heavy atom. The lowest BCUT2D eigenvalue weighted by Crippen LogP contribution is -1.88. The van der Waals surface area contributed by atoms with Gasteiger partial charge < -0.3 is 0 Å². The van der Waals surface area contributed by atoms with Gasteiger partial charge in [0.05, 0.1) is 0 Å². The van der Waals surface area contributed by atoms with Crippen molar-refractivity contribution in [1.82, 2.24) is 0 Å². The van der Waals surface area contributed by atoms with E-state index in [1.165, 1.54) is 5.57 Å². The van der Waals surface area contributed by atoms with E-state index in [0.717, 1.165) is 0 Å². The van der Waals surface area contributed by atoms with Gasteiger partial charge in [0.15, 0.2) is 0 Å². The van der Waals surface area contributed by atoms with E-state index in [9.17, 15) is 0 Å². The molecule has 0 aliphatic rings. The standard InChI is InChI=1S/C9H16/c1-5-7-9(6-2)8(3)4/h5-8H,1-4H3/b7-5+,9-6+. The first-order valence-electron chi connectivity index (χ1n) is 3.51. The number of rotatable bonds is 2. The monoisotopic (exact) mass is 124 g/mol. The molecule has 0 unspecified atom stereocenters. The van der Waals surface area contributed by atoms with Crippen LogP contribution in [0.15, 0.2) is 23.8 Å². The van der Waals surface area contributed by atoms with Crippen molar-refractivity contribution in [2.45, 2.75) is 27.7 Å². The van der Waals surface area contributed by atoms with Crippen LogP contribution in [0.5, 0.6) is 0 Å². The van der Waals surface area contributed by atoms with Crippen LogP contribution in [-0.4, -0.2) is 0 Å². The molecule has 0 heteroatoms. The van der Waals surface area contributed by atoms with Crippen molar-refractivity contribution in [3.05, 3.63) is 23.8 Å². The van der Waals surface area contributed by atoms with E-state index in [2.05, 4.69) is 39.0 Å². The van der Waals surface area contributed by atoms with Crippen LogP contribution in [0.1, 0.15) is 27.7 Å². The second-order valence-electron chi connectivity index (χ2n) is 2.44. The van der Waals surface area contributed by atoms with E-state index in [1.807, 2.05) is 6.92 Å². The van der Waals surface area contributed by atoms with Crippen molar-refractivity contribution in [2.24, 2.45) is 5.92 Å². The minimum absolute atomic E-state index is 0.659. The van der Waals surface area contributed by atoms with E-state index in [-0.39, 0.29) is 0 Å². The Kier molecular flexibility index (Phi) is 4.12. The minimum atomic E-state index is 0.659. The van der Waals surface area contributed by atoms with Gasteiger partial charge in [0.1, 0.15) is 0 Å². The third kappa shape index (κ3) is 3.12. The van der Waals surface area contributed by atoms with Crippen molar-refractivity contribution in [3.63, 3.8) is 0 Å². The van der Waals surface area contributed by atoms with E-state index in [1.54, 1.807) is 0 Å². The van der Waals surface area contributed by atoms with Crippen LogP contribution >= 0.6 is 0 Å². The minimum Gasteiger partial charge on any atom is -0.0874 e. The Hall–Kier alpha value is -0.520. The lowest BCUT2D eigenvalue weighted by molar-refractivity contribution is 0.789. The van der Waals surface area contributed by atoms with Crippen LogP contribution in [0.25, 0.3) is 0 Å². The fraction of sp³-hybridized carbons (Fsp3) is 0.556. The highest BCUT2D eigenvalue weighted by molar-refractivity contribution is 5.18. The lowest BCUT2D eigenvalue weighted by Gasteiger charge is -2.03. The molecule has 0 bridgehead atoms. The normalized spacial score (nSPS) is 13.7.